The molecule has 0 amide bonds. The summed E-state index contributed by atoms with van der Waals surface area (Å²) in [6.45, 7) is 2.09. The fourth-order valence-electron chi connectivity index (χ4n) is 10.4. The molecule has 236 valence electrons. The van der Waals surface area contributed by atoms with Crippen LogP contribution in [0.2, 0.25) is 0 Å². The van der Waals surface area contributed by atoms with Gasteiger partial charge in [-0.2, -0.15) is 5.26 Å². The summed E-state index contributed by atoms with van der Waals surface area (Å²) in [7, 11) is 0. The van der Waals surface area contributed by atoms with Crippen molar-refractivity contribution in [3.8, 4) is 62.5 Å². The molecule has 1 spiro atoms. The SMILES string of the molecule is Cc1cc2c(cc1C#N)C1(c3cc(-c4cccc(-c5nc(-c6ccccc6)nc(-c6ccccc6)n5)c4)ccc3-2)C2CC3CC(C2)CC1C3. The topological polar surface area (TPSA) is 62.5 Å². The van der Waals surface area contributed by atoms with Gasteiger partial charge in [0.05, 0.1) is 11.6 Å². The minimum atomic E-state index is -0.00557. The second-order valence-corrected chi connectivity index (χ2v) is 14.9. The molecule has 5 aromatic carbocycles. The molecule has 6 aromatic rings. The second kappa shape index (κ2) is 10.8. The molecule has 4 bridgehead atoms. The minimum absolute atomic E-state index is 0.00557. The smallest absolute Gasteiger partial charge is 0.164 e. The van der Waals surface area contributed by atoms with Gasteiger partial charge in [-0.1, -0.05) is 91.0 Å². The van der Waals surface area contributed by atoms with Crippen LogP contribution in [0, 0.1) is 41.9 Å². The number of aromatic nitrogens is 3. The van der Waals surface area contributed by atoms with Crippen molar-refractivity contribution in [2.24, 2.45) is 23.7 Å². The minimum Gasteiger partial charge on any atom is -0.208 e. The van der Waals surface area contributed by atoms with Gasteiger partial charge >= 0.3 is 0 Å². The van der Waals surface area contributed by atoms with Crippen LogP contribution < -0.4 is 0 Å². The first-order valence-corrected chi connectivity index (χ1v) is 17.8. The maximum absolute atomic E-state index is 10.1. The Bertz CT molecular complexity index is 2230. The standard InChI is InChI=1S/C45H36N4/c1-27-17-39-38-16-15-33(24-40(38)45(41(39)25-35(27)26-46)36-19-28-18-29(21-36)22-37(45)20-28)32-13-8-14-34(23-32)44-48-42(30-9-4-2-5-10-30)47-43(49-44)31-11-6-3-7-12-31/h2-17,23-25,28-29,36-37H,18-22H2,1H3. The van der Waals surface area contributed by atoms with Gasteiger partial charge in [-0.25, -0.2) is 15.0 Å². The Kier molecular flexibility index (Phi) is 6.31. The molecule has 0 aliphatic heterocycles. The van der Waals surface area contributed by atoms with E-state index in [2.05, 4.69) is 67.6 Å². The van der Waals surface area contributed by atoms with Gasteiger partial charge in [0, 0.05) is 22.1 Å². The average molecular weight is 633 g/mol. The molecule has 1 heterocycles. The highest BCUT2D eigenvalue weighted by molar-refractivity contribution is 5.86. The Morgan fingerprint density at radius 1 is 0.531 bits per heavy atom. The summed E-state index contributed by atoms with van der Waals surface area (Å²) in [6.07, 6.45) is 6.67. The highest BCUT2D eigenvalue weighted by atomic mass is 15.0. The average Bonchev–Trinajstić information content (AvgIpc) is 3.42. The molecule has 4 heteroatoms. The molecule has 4 nitrogen and oxygen atoms in total. The third-order valence-corrected chi connectivity index (χ3v) is 12.3. The maximum atomic E-state index is 10.1. The van der Waals surface area contributed by atoms with Gasteiger partial charge in [0.2, 0.25) is 0 Å². The van der Waals surface area contributed by atoms with Gasteiger partial charge in [0.1, 0.15) is 0 Å². The predicted octanol–water partition coefficient (Wildman–Crippen LogP) is 10.4. The highest BCUT2D eigenvalue weighted by Crippen LogP contribution is 2.69. The zero-order valence-electron chi connectivity index (χ0n) is 27.6. The van der Waals surface area contributed by atoms with Gasteiger partial charge in [-0.3, -0.25) is 0 Å². The summed E-state index contributed by atoms with van der Waals surface area (Å²) in [5.41, 5.74) is 12.8. The Hall–Kier alpha value is -5.40. The number of nitrogens with zero attached hydrogens (tertiary/aromatic N) is 4. The fourth-order valence-corrected chi connectivity index (χ4v) is 10.4. The van der Waals surface area contributed by atoms with Crippen LogP contribution in [0.15, 0.2) is 115 Å². The molecule has 0 atom stereocenters. The quantitative estimate of drug-likeness (QED) is 0.194. The molecule has 0 N–H and O–H groups in total. The molecule has 0 unspecified atom stereocenters. The van der Waals surface area contributed by atoms with E-state index in [0.29, 0.717) is 29.3 Å². The van der Waals surface area contributed by atoms with E-state index in [4.69, 9.17) is 15.0 Å². The number of benzene rings is 5. The monoisotopic (exact) mass is 632 g/mol. The van der Waals surface area contributed by atoms with E-state index >= 15 is 0 Å². The largest absolute Gasteiger partial charge is 0.208 e. The van der Waals surface area contributed by atoms with Crippen LogP contribution in [0.5, 0.6) is 0 Å². The summed E-state index contributed by atoms with van der Waals surface area (Å²) in [4.78, 5) is 14.9. The summed E-state index contributed by atoms with van der Waals surface area (Å²) in [6, 6.07) is 43.3. The molecule has 0 radical (unpaired) electrons. The molecule has 0 saturated heterocycles. The lowest BCUT2D eigenvalue weighted by Crippen LogP contribution is -2.55. The summed E-state index contributed by atoms with van der Waals surface area (Å²) >= 11 is 0. The van der Waals surface area contributed by atoms with Crippen molar-refractivity contribution in [2.45, 2.75) is 44.4 Å². The van der Waals surface area contributed by atoms with Crippen molar-refractivity contribution in [3.05, 3.63) is 138 Å². The van der Waals surface area contributed by atoms with Crippen LogP contribution in [0.4, 0.5) is 0 Å². The van der Waals surface area contributed by atoms with E-state index in [-0.39, 0.29) is 5.41 Å². The lowest BCUT2D eigenvalue weighted by atomic mass is 9.43. The maximum Gasteiger partial charge on any atom is 0.164 e. The van der Waals surface area contributed by atoms with Crippen LogP contribution in [-0.4, -0.2) is 15.0 Å². The number of aryl methyl sites for hydroxylation is 1. The molecule has 5 aliphatic carbocycles. The van der Waals surface area contributed by atoms with Crippen molar-refractivity contribution in [2.75, 3.05) is 0 Å². The first kappa shape index (κ1) is 28.6. The highest BCUT2D eigenvalue weighted by Gasteiger charge is 2.61. The third-order valence-electron chi connectivity index (χ3n) is 12.3. The van der Waals surface area contributed by atoms with E-state index in [1.165, 1.54) is 59.9 Å². The second-order valence-electron chi connectivity index (χ2n) is 14.9. The van der Waals surface area contributed by atoms with Gasteiger partial charge in [0.15, 0.2) is 17.5 Å². The summed E-state index contributed by atoms with van der Waals surface area (Å²) in [5.74, 6) is 5.00. The van der Waals surface area contributed by atoms with Crippen LogP contribution in [0.25, 0.3) is 56.4 Å². The lowest BCUT2D eigenvalue weighted by molar-refractivity contribution is -0.0399. The Morgan fingerprint density at radius 2 is 1.06 bits per heavy atom. The van der Waals surface area contributed by atoms with Gasteiger partial charge in [-0.05, 0) is 126 Å². The van der Waals surface area contributed by atoms with Crippen LogP contribution in [0.3, 0.4) is 0 Å². The van der Waals surface area contributed by atoms with Gasteiger partial charge in [0.25, 0.3) is 0 Å². The summed E-state index contributed by atoms with van der Waals surface area (Å²) < 4.78 is 0. The zero-order valence-corrected chi connectivity index (χ0v) is 27.6. The molecular formula is C45H36N4. The Morgan fingerprint density at radius 3 is 1.67 bits per heavy atom. The van der Waals surface area contributed by atoms with Gasteiger partial charge in [-0.15, -0.1) is 0 Å². The molecule has 4 saturated carbocycles. The number of nitriles is 1. The molecule has 11 rings (SSSR count). The summed E-state index contributed by atoms with van der Waals surface area (Å²) in [5, 5.41) is 10.1. The molecule has 4 fully saturated rings. The van der Waals surface area contributed by atoms with Crippen molar-refractivity contribution in [3.63, 3.8) is 0 Å². The number of hydrogen-bond acceptors (Lipinski definition) is 4. The molecular weight excluding hydrogens is 597 g/mol. The van der Waals surface area contributed by atoms with Crippen molar-refractivity contribution < 1.29 is 0 Å². The zero-order chi connectivity index (χ0) is 32.7. The first-order chi connectivity index (χ1) is 24.1. The third kappa shape index (κ3) is 4.31. The Labute approximate surface area is 287 Å². The number of fused-ring (bicyclic) bond motifs is 3. The van der Waals surface area contributed by atoms with Crippen LogP contribution in [-0.2, 0) is 5.41 Å². The van der Waals surface area contributed by atoms with Crippen LogP contribution >= 0.6 is 0 Å². The van der Waals surface area contributed by atoms with E-state index in [1.807, 2.05) is 60.7 Å². The Balaban J connectivity index is 1.12. The number of rotatable bonds is 4. The molecule has 1 aromatic heterocycles. The van der Waals surface area contributed by atoms with Crippen LogP contribution in [0.1, 0.15) is 54.4 Å². The van der Waals surface area contributed by atoms with Gasteiger partial charge < -0.3 is 0 Å². The normalized spacial score (nSPS) is 24.1. The predicted molar refractivity (Wildman–Crippen MR) is 194 cm³/mol. The van der Waals surface area contributed by atoms with Crippen molar-refractivity contribution >= 4 is 0 Å². The molecule has 5 aliphatic rings. The van der Waals surface area contributed by atoms with E-state index in [0.717, 1.165) is 45.2 Å². The fraction of sp³-hybridized carbons (Fsp3) is 0.244. The van der Waals surface area contributed by atoms with E-state index in [9.17, 15) is 5.26 Å². The lowest BCUT2D eigenvalue weighted by Gasteiger charge is -2.61. The van der Waals surface area contributed by atoms with E-state index < -0.39 is 0 Å². The van der Waals surface area contributed by atoms with Crippen molar-refractivity contribution in [1.29, 1.82) is 5.26 Å². The van der Waals surface area contributed by atoms with Crippen molar-refractivity contribution in [1.82, 2.24) is 15.0 Å². The number of hydrogen-bond donors (Lipinski definition) is 0. The molecule has 49 heavy (non-hydrogen) atoms. The van der Waals surface area contributed by atoms with E-state index in [1.54, 1.807) is 0 Å². The first-order valence-electron chi connectivity index (χ1n) is 17.8.